The van der Waals surface area contributed by atoms with Gasteiger partial charge in [0.2, 0.25) is 5.91 Å². The molecule has 0 bridgehead atoms. The summed E-state index contributed by atoms with van der Waals surface area (Å²) in [5.41, 5.74) is 2.84. The summed E-state index contributed by atoms with van der Waals surface area (Å²) in [6, 6.07) is 4.36. The number of aliphatic carboxylic acids is 1. The van der Waals surface area contributed by atoms with Gasteiger partial charge in [0, 0.05) is 0 Å². The molecule has 0 unspecified atom stereocenters. The molecule has 0 spiro atoms. The number of nitrogens with two attached hydrogens (primary N) is 1. The lowest BCUT2D eigenvalue weighted by molar-refractivity contribution is -0.141. The Balaban J connectivity index is 2.64. The number of carbonyl (C=O) groups excluding carboxylic acids is 1. The van der Waals surface area contributed by atoms with Gasteiger partial charge in [0.1, 0.15) is 13.2 Å². The maximum atomic E-state index is 11.8. The Labute approximate surface area is 106 Å². The highest BCUT2D eigenvalue weighted by atomic mass is 16.4. The summed E-state index contributed by atoms with van der Waals surface area (Å²) in [4.78, 5) is 22.4. The monoisotopic (exact) mass is 253 g/mol. The lowest BCUT2D eigenvalue weighted by Crippen LogP contribution is -2.47. The fraction of sp³-hybridized carbons (Fsp3) is 0.333. The summed E-state index contributed by atoms with van der Waals surface area (Å²) in [5, 5.41) is 20.1. The topological polar surface area (TPSA) is 113 Å². The highest BCUT2D eigenvalue weighted by Gasteiger charge is 2.19. The molecule has 0 fully saturated rings. The van der Waals surface area contributed by atoms with Crippen LogP contribution in [0, 0.1) is 0 Å². The largest absolute Gasteiger partial charge is 0.508 e. The molecular formula is C12H16N2O4. The number of carboxylic acid groups (broad SMARTS) is 1. The van der Waals surface area contributed by atoms with Crippen LogP contribution in [0.1, 0.15) is 12.5 Å². The maximum absolute atomic E-state index is 11.8. The zero-order valence-electron chi connectivity index (χ0n) is 10.9. The summed E-state index contributed by atoms with van der Waals surface area (Å²) in [7, 11) is 0. The molecule has 98 valence electrons. The normalized spacial score (nSPS) is 14.4. The molecule has 1 aromatic rings. The summed E-state index contributed by atoms with van der Waals surface area (Å²) >= 11 is 0. The molecule has 6 heteroatoms. The minimum absolute atomic E-state index is 0.114. The Morgan fingerprint density at radius 3 is 2.56 bits per heavy atom. The molecular weight excluding hydrogens is 236 g/mol. The maximum Gasteiger partial charge on any atom is 0.325 e. The van der Waals surface area contributed by atoms with Crippen molar-refractivity contribution < 1.29 is 21.2 Å². The first-order valence-corrected chi connectivity index (χ1v) is 5.42. The fourth-order valence-electron chi connectivity index (χ4n) is 1.34. The Bertz CT molecular complexity index is 450. The van der Waals surface area contributed by atoms with Gasteiger partial charge in [0.15, 0.2) is 0 Å². The summed E-state index contributed by atoms with van der Waals surface area (Å²) in [6.07, 6.45) is 0.224. The van der Waals surface area contributed by atoms with Crippen LogP contribution >= 0.6 is 0 Å². The Kier molecular flexibility index (Phi) is 4.14. The van der Waals surface area contributed by atoms with E-state index in [1.165, 1.54) is 19.1 Å². The van der Waals surface area contributed by atoms with E-state index in [0.29, 0.717) is 0 Å². The summed E-state index contributed by atoms with van der Waals surface area (Å²) in [6.45, 7) is 1.35. The number of benzene rings is 1. The number of hydrogen-bond acceptors (Lipinski definition) is 4. The number of nitrogens with one attached hydrogen (secondary N) is 1. The third kappa shape index (κ3) is 4.06. The van der Waals surface area contributed by atoms with Crippen molar-refractivity contribution in [3.63, 3.8) is 0 Å². The zero-order chi connectivity index (χ0) is 14.4. The molecule has 0 aliphatic rings. The highest BCUT2D eigenvalue weighted by molar-refractivity contribution is 5.86. The minimum Gasteiger partial charge on any atom is -0.508 e. The Hall–Kier alpha value is -2.08. The van der Waals surface area contributed by atoms with Gasteiger partial charge in [-0.3, -0.25) is 9.59 Å². The van der Waals surface area contributed by atoms with E-state index >= 15 is 0 Å². The van der Waals surface area contributed by atoms with Crippen LogP contribution in [0.3, 0.4) is 0 Å². The van der Waals surface area contributed by atoms with Crippen LogP contribution in [0.2, 0.25) is 1.41 Å². The van der Waals surface area contributed by atoms with E-state index < -0.39 is 24.0 Å². The molecule has 0 aliphatic carbocycles. The van der Waals surface area contributed by atoms with Gasteiger partial charge in [0.05, 0.1) is 6.04 Å². The zero-order valence-corrected chi connectivity index (χ0v) is 9.88. The first-order valence-electron chi connectivity index (χ1n) is 5.92. The van der Waals surface area contributed by atoms with Crippen molar-refractivity contribution in [3.05, 3.63) is 29.8 Å². The second-order valence-electron chi connectivity index (χ2n) is 3.99. The van der Waals surface area contributed by atoms with Crippen LogP contribution in [0.5, 0.6) is 5.75 Å². The van der Waals surface area contributed by atoms with Gasteiger partial charge in [-0.05, 0) is 31.0 Å². The average molecular weight is 253 g/mol. The molecule has 2 atom stereocenters. The van der Waals surface area contributed by atoms with E-state index in [4.69, 9.17) is 11.6 Å². The van der Waals surface area contributed by atoms with Crippen LogP contribution < -0.4 is 11.0 Å². The summed E-state index contributed by atoms with van der Waals surface area (Å²) in [5.74, 6) is -1.58. The van der Waals surface area contributed by atoms with Gasteiger partial charge >= 0.3 is 5.97 Å². The minimum atomic E-state index is -1.14. The van der Waals surface area contributed by atoms with Crippen LogP contribution in [0.4, 0.5) is 0 Å². The Morgan fingerprint density at radius 1 is 1.44 bits per heavy atom. The molecule has 1 amide bonds. The Morgan fingerprint density at radius 2 is 2.06 bits per heavy atom. The molecule has 0 saturated heterocycles. The third-order valence-electron chi connectivity index (χ3n) is 2.42. The number of rotatable bonds is 6. The number of carbonyl (C=O) groups is 2. The van der Waals surface area contributed by atoms with Crippen molar-refractivity contribution in [3.8, 4) is 5.75 Å². The van der Waals surface area contributed by atoms with Crippen molar-refractivity contribution in [2.45, 2.75) is 25.4 Å². The van der Waals surface area contributed by atoms with E-state index in [1.807, 2.05) is 0 Å². The second kappa shape index (κ2) is 6.02. The standard InChI is InChI=1S/C12H16N2O4/c1-7(12(17)18)14-11(16)10(13)6-8-2-4-9(15)5-3-8/h2-5,7,10,15H,6,13H2,1H3,(H,14,16)(H,17,18)/t7-,10-/m0/s1/i/hD. The van der Waals surface area contributed by atoms with Crippen molar-refractivity contribution in [1.29, 1.82) is 0 Å². The smallest absolute Gasteiger partial charge is 0.325 e. The molecule has 6 nitrogen and oxygen atoms in total. The van der Waals surface area contributed by atoms with Crippen LogP contribution in [-0.4, -0.2) is 34.2 Å². The number of phenols is 1. The van der Waals surface area contributed by atoms with E-state index in [0.717, 1.165) is 5.56 Å². The van der Waals surface area contributed by atoms with Crippen LogP contribution in [-0.2, 0) is 16.0 Å². The van der Waals surface area contributed by atoms with Crippen molar-refractivity contribution in [2.75, 3.05) is 0 Å². The number of amides is 1. The molecule has 0 aromatic heterocycles. The number of aromatic hydroxyl groups is 1. The lowest BCUT2D eigenvalue weighted by atomic mass is 10.1. The van der Waals surface area contributed by atoms with Crippen LogP contribution in [0.25, 0.3) is 0 Å². The van der Waals surface area contributed by atoms with Gasteiger partial charge in [-0.15, -0.1) is 0 Å². The molecule has 0 saturated carbocycles. The highest BCUT2D eigenvalue weighted by Crippen LogP contribution is 2.10. The van der Waals surface area contributed by atoms with E-state index in [9.17, 15) is 9.59 Å². The molecule has 18 heavy (non-hydrogen) atoms. The predicted molar refractivity (Wildman–Crippen MR) is 65.0 cm³/mol. The molecule has 0 aliphatic heterocycles. The number of phenolic OH excluding ortho intramolecular Hbond substituents is 1. The molecule has 5 N–H and O–H groups in total. The number of hydrogen-bond donors (Lipinski definition) is 4. The van der Waals surface area contributed by atoms with Gasteiger partial charge in [-0.2, -0.15) is 0 Å². The molecule has 1 aromatic carbocycles. The fourth-order valence-corrected chi connectivity index (χ4v) is 1.34. The quantitative estimate of drug-likeness (QED) is 0.563. The molecule has 1 rings (SSSR count). The first-order chi connectivity index (χ1) is 8.93. The molecule has 0 heterocycles. The van der Waals surface area contributed by atoms with E-state index in [-0.39, 0.29) is 12.2 Å². The van der Waals surface area contributed by atoms with Gasteiger partial charge in [-0.1, -0.05) is 12.1 Å². The van der Waals surface area contributed by atoms with E-state index in [2.05, 4.69) is 11.0 Å². The number of carboxylic acids is 1. The predicted octanol–water partition coefficient (Wildman–Crippen LogP) is -0.149. The summed E-state index contributed by atoms with van der Waals surface area (Å²) < 4.78 is 7.13. The third-order valence-corrected chi connectivity index (χ3v) is 2.42. The molecule has 0 radical (unpaired) electrons. The van der Waals surface area contributed by atoms with Gasteiger partial charge < -0.3 is 21.3 Å². The van der Waals surface area contributed by atoms with Gasteiger partial charge in [-0.25, -0.2) is 0 Å². The SMILES string of the molecule is [2H]N[C@@H](Cc1ccc(O)cc1)C(=O)N[C@@H](C)C(=O)O. The van der Waals surface area contributed by atoms with E-state index in [1.54, 1.807) is 12.1 Å². The van der Waals surface area contributed by atoms with Crippen LogP contribution in [0.15, 0.2) is 24.3 Å². The van der Waals surface area contributed by atoms with Gasteiger partial charge in [0.25, 0.3) is 0 Å². The van der Waals surface area contributed by atoms with Crippen molar-refractivity contribution >= 4 is 11.9 Å². The lowest BCUT2D eigenvalue weighted by Gasteiger charge is -2.14. The van der Waals surface area contributed by atoms with Crippen molar-refractivity contribution in [1.82, 2.24) is 5.32 Å². The average Bonchev–Trinajstić information content (AvgIpc) is 2.37. The van der Waals surface area contributed by atoms with Crippen molar-refractivity contribution in [2.24, 2.45) is 5.73 Å². The first kappa shape index (κ1) is 12.4. The second-order valence-corrected chi connectivity index (χ2v) is 3.99.